The van der Waals surface area contributed by atoms with E-state index in [-0.39, 0.29) is 5.82 Å². The van der Waals surface area contributed by atoms with Crippen LogP contribution < -0.4 is 0 Å². The van der Waals surface area contributed by atoms with Crippen LogP contribution in [0.25, 0.3) is 39.0 Å². The van der Waals surface area contributed by atoms with Crippen molar-refractivity contribution >= 4 is 5.57 Å². The third-order valence-electron chi connectivity index (χ3n) is 6.37. The summed E-state index contributed by atoms with van der Waals surface area (Å²) in [7, 11) is 0. The predicted octanol–water partition coefficient (Wildman–Crippen LogP) is 9.34. The first-order valence-corrected chi connectivity index (χ1v) is 11.7. The zero-order valence-corrected chi connectivity index (χ0v) is 18.7. The minimum Gasteiger partial charge on any atom is -0.207 e. The van der Waals surface area contributed by atoms with Crippen molar-refractivity contribution < 1.29 is 4.39 Å². The molecule has 1 aliphatic carbocycles. The predicted molar refractivity (Wildman–Crippen MR) is 138 cm³/mol. The summed E-state index contributed by atoms with van der Waals surface area (Å²) in [6.45, 7) is 0. The van der Waals surface area contributed by atoms with Gasteiger partial charge < -0.3 is 0 Å². The second kappa shape index (κ2) is 9.83. The van der Waals surface area contributed by atoms with Gasteiger partial charge in [-0.25, -0.2) is 4.39 Å². The monoisotopic (exact) mass is 430 g/mol. The number of benzene rings is 4. The molecule has 0 fully saturated rings. The summed E-state index contributed by atoms with van der Waals surface area (Å²) >= 11 is 0. The molecule has 4 aromatic carbocycles. The average molecular weight is 431 g/mol. The zero-order chi connectivity index (χ0) is 22.5. The van der Waals surface area contributed by atoms with Crippen molar-refractivity contribution in [3.05, 3.63) is 127 Å². The average Bonchev–Trinajstić information content (AvgIpc) is 2.85. The largest absolute Gasteiger partial charge is 0.207 e. The quantitative estimate of drug-likeness (QED) is 0.302. The van der Waals surface area contributed by atoms with Crippen molar-refractivity contribution in [2.45, 2.75) is 25.7 Å². The van der Waals surface area contributed by atoms with Gasteiger partial charge in [0, 0.05) is 0 Å². The molecule has 4 aromatic rings. The summed E-state index contributed by atoms with van der Waals surface area (Å²) in [4.78, 5) is 0. The van der Waals surface area contributed by atoms with Gasteiger partial charge in [0.05, 0.1) is 0 Å². The van der Waals surface area contributed by atoms with Crippen LogP contribution in [-0.2, 0) is 0 Å². The number of allylic oxidation sites excluding steroid dienone is 4. The minimum atomic E-state index is -0.209. The van der Waals surface area contributed by atoms with Crippen molar-refractivity contribution in [3.8, 4) is 33.4 Å². The molecule has 0 unspecified atom stereocenters. The third kappa shape index (κ3) is 5.04. The van der Waals surface area contributed by atoms with Crippen LogP contribution in [0.1, 0.15) is 31.2 Å². The van der Waals surface area contributed by atoms with E-state index in [0.29, 0.717) is 0 Å². The van der Waals surface area contributed by atoms with E-state index in [9.17, 15) is 4.39 Å². The molecule has 1 aliphatic rings. The van der Waals surface area contributed by atoms with E-state index in [1.54, 1.807) is 0 Å². The Morgan fingerprint density at radius 2 is 0.848 bits per heavy atom. The second-order valence-electron chi connectivity index (χ2n) is 8.60. The maximum Gasteiger partial charge on any atom is 0.123 e. The first-order chi connectivity index (χ1) is 16.3. The molecule has 0 radical (unpaired) electrons. The highest BCUT2D eigenvalue weighted by molar-refractivity contribution is 5.75. The number of hydrogen-bond donors (Lipinski definition) is 0. The highest BCUT2D eigenvalue weighted by atomic mass is 19.1. The van der Waals surface area contributed by atoms with Crippen molar-refractivity contribution in [3.63, 3.8) is 0 Å². The molecule has 0 N–H and O–H groups in total. The Balaban J connectivity index is 1.31. The molecule has 162 valence electrons. The van der Waals surface area contributed by atoms with Gasteiger partial charge in [0.15, 0.2) is 0 Å². The Bertz CT molecular complexity index is 1260. The lowest BCUT2D eigenvalue weighted by molar-refractivity contribution is 0.628. The highest BCUT2D eigenvalue weighted by Crippen LogP contribution is 2.29. The molecule has 0 atom stereocenters. The Morgan fingerprint density at radius 1 is 0.455 bits per heavy atom. The van der Waals surface area contributed by atoms with Gasteiger partial charge in [0.1, 0.15) is 5.82 Å². The number of rotatable bonds is 4. The third-order valence-corrected chi connectivity index (χ3v) is 6.37. The Morgan fingerprint density at radius 3 is 1.30 bits per heavy atom. The van der Waals surface area contributed by atoms with E-state index in [1.165, 1.54) is 64.8 Å². The summed E-state index contributed by atoms with van der Waals surface area (Å²) in [6, 6.07) is 32.8. The fourth-order valence-electron chi connectivity index (χ4n) is 4.41. The van der Waals surface area contributed by atoms with E-state index < -0.39 is 0 Å². The molecule has 0 aliphatic heterocycles. The van der Waals surface area contributed by atoms with E-state index >= 15 is 0 Å². The zero-order valence-electron chi connectivity index (χ0n) is 18.7. The van der Waals surface area contributed by atoms with Gasteiger partial charge >= 0.3 is 0 Å². The molecular weight excluding hydrogens is 403 g/mol. The fraction of sp³-hybridized carbons (Fsp3) is 0.125. The Labute approximate surface area is 195 Å². The summed E-state index contributed by atoms with van der Waals surface area (Å²) in [6.07, 6.45) is 11.6. The van der Waals surface area contributed by atoms with Crippen LogP contribution in [-0.4, -0.2) is 0 Å². The Kier molecular flexibility index (Phi) is 6.30. The van der Waals surface area contributed by atoms with Crippen molar-refractivity contribution in [2.24, 2.45) is 0 Å². The number of halogens is 1. The summed E-state index contributed by atoms with van der Waals surface area (Å²) in [5, 5.41) is 0. The molecule has 5 rings (SSSR count). The smallest absolute Gasteiger partial charge is 0.123 e. The first-order valence-electron chi connectivity index (χ1n) is 11.7. The van der Waals surface area contributed by atoms with Gasteiger partial charge in [-0.2, -0.15) is 0 Å². The first kappa shape index (κ1) is 21.2. The van der Waals surface area contributed by atoms with Crippen LogP contribution in [0.3, 0.4) is 0 Å². The molecule has 1 heteroatoms. The van der Waals surface area contributed by atoms with E-state index in [0.717, 1.165) is 17.5 Å². The maximum absolute atomic E-state index is 13.2. The van der Waals surface area contributed by atoms with Crippen LogP contribution in [0.5, 0.6) is 0 Å². The molecule has 0 bridgehead atoms. The van der Waals surface area contributed by atoms with Gasteiger partial charge in [-0.15, -0.1) is 0 Å². The molecule has 0 aromatic heterocycles. The van der Waals surface area contributed by atoms with Gasteiger partial charge in [0.25, 0.3) is 0 Å². The van der Waals surface area contributed by atoms with Crippen LogP contribution >= 0.6 is 0 Å². The van der Waals surface area contributed by atoms with E-state index in [2.05, 4.69) is 91.0 Å². The molecule has 33 heavy (non-hydrogen) atoms. The second-order valence-corrected chi connectivity index (χ2v) is 8.60. The fourth-order valence-corrected chi connectivity index (χ4v) is 4.41. The lowest BCUT2D eigenvalue weighted by atomic mass is 9.94. The molecule has 0 spiro atoms. The van der Waals surface area contributed by atoms with Crippen LogP contribution in [0, 0.1) is 5.82 Å². The van der Waals surface area contributed by atoms with Gasteiger partial charge in [-0.3, -0.25) is 0 Å². The molecule has 0 heterocycles. The molecular formula is C32H27F. The van der Waals surface area contributed by atoms with Gasteiger partial charge in [-0.05, 0) is 82.3 Å². The van der Waals surface area contributed by atoms with Crippen molar-refractivity contribution in [2.75, 3.05) is 0 Å². The molecule has 0 saturated carbocycles. The van der Waals surface area contributed by atoms with Gasteiger partial charge in [0.2, 0.25) is 0 Å². The topological polar surface area (TPSA) is 0 Å². The normalized spacial score (nSPS) is 16.3. The molecule has 0 nitrogen and oxygen atoms in total. The van der Waals surface area contributed by atoms with Crippen molar-refractivity contribution in [1.29, 1.82) is 0 Å². The van der Waals surface area contributed by atoms with Crippen molar-refractivity contribution in [1.82, 2.24) is 0 Å². The highest BCUT2D eigenvalue weighted by Gasteiger charge is 2.06. The molecule has 0 saturated heterocycles. The SMILES string of the molecule is Fc1ccc(-c2ccc(-c3ccc(-c4ccc(/C5=C/C=C\CCCC5)cc4)cc3)cc2)cc1. The van der Waals surface area contributed by atoms with Crippen LogP contribution in [0.4, 0.5) is 4.39 Å². The van der Waals surface area contributed by atoms with Crippen LogP contribution in [0.15, 0.2) is 115 Å². The minimum absolute atomic E-state index is 0.209. The number of hydrogen-bond acceptors (Lipinski definition) is 0. The van der Waals surface area contributed by atoms with E-state index in [1.807, 2.05) is 12.1 Å². The standard InChI is InChI=1S/C32H27F/c33-32-22-20-31(21-23-32)30-18-16-29(17-19-30)28-14-12-27(13-15-28)26-10-8-25(9-11-26)24-6-4-2-1-3-5-7-24/h2,4,6,8-23H,1,3,5,7H2/b4-2-,24-6+. The summed E-state index contributed by atoms with van der Waals surface area (Å²) in [5.74, 6) is -0.209. The Hall–Kier alpha value is -3.71. The maximum atomic E-state index is 13.2. The lowest BCUT2D eigenvalue weighted by Crippen LogP contribution is -1.88. The summed E-state index contributed by atoms with van der Waals surface area (Å²) in [5.41, 5.74) is 9.68. The van der Waals surface area contributed by atoms with Crippen LogP contribution in [0.2, 0.25) is 0 Å². The van der Waals surface area contributed by atoms with Gasteiger partial charge in [-0.1, -0.05) is 103 Å². The molecule has 0 amide bonds. The summed E-state index contributed by atoms with van der Waals surface area (Å²) < 4.78 is 13.2. The lowest BCUT2D eigenvalue weighted by Gasteiger charge is -2.11. The van der Waals surface area contributed by atoms with E-state index in [4.69, 9.17) is 0 Å².